The summed E-state index contributed by atoms with van der Waals surface area (Å²) in [5.74, 6) is -2.19. The first kappa shape index (κ1) is 20.9. The van der Waals surface area contributed by atoms with Gasteiger partial charge in [0, 0.05) is 17.7 Å². The number of rotatable bonds is 9. The Balaban J connectivity index is 1.75. The summed E-state index contributed by atoms with van der Waals surface area (Å²) in [5.41, 5.74) is 0.784. The number of carboxylic acid groups (broad SMARTS) is 1. The minimum atomic E-state index is -1.13. The molecule has 0 spiro atoms. The van der Waals surface area contributed by atoms with Gasteiger partial charge in [-0.25, -0.2) is 4.39 Å². The van der Waals surface area contributed by atoms with Crippen LogP contribution in [-0.4, -0.2) is 35.5 Å². The molecule has 0 saturated carbocycles. The number of hydrogen-bond acceptors (Lipinski definition) is 4. The van der Waals surface area contributed by atoms with Crippen molar-refractivity contribution >= 4 is 23.5 Å². The van der Waals surface area contributed by atoms with Gasteiger partial charge >= 0.3 is 5.97 Å². The molecule has 8 heteroatoms. The molecular weight excluding hydrogens is 367 g/mol. The van der Waals surface area contributed by atoms with E-state index in [4.69, 9.17) is 9.84 Å². The molecule has 3 N–H and O–H groups in total. The summed E-state index contributed by atoms with van der Waals surface area (Å²) in [6.45, 7) is 1.57. The predicted molar refractivity (Wildman–Crippen MR) is 101 cm³/mol. The van der Waals surface area contributed by atoms with Crippen LogP contribution >= 0.6 is 0 Å². The minimum absolute atomic E-state index is 0.147. The Labute approximate surface area is 161 Å². The van der Waals surface area contributed by atoms with Crippen LogP contribution in [0.1, 0.15) is 30.1 Å². The number of aliphatic carboxylic acids is 1. The average Bonchev–Trinajstić information content (AvgIpc) is 2.67. The molecule has 0 radical (unpaired) electrons. The number of halogens is 1. The highest BCUT2D eigenvalue weighted by Gasteiger charge is 2.15. The van der Waals surface area contributed by atoms with Crippen molar-refractivity contribution in [3.63, 3.8) is 0 Å². The molecule has 0 heterocycles. The number of benzene rings is 2. The first-order chi connectivity index (χ1) is 13.4. The monoisotopic (exact) mass is 388 g/mol. The molecule has 0 aliphatic heterocycles. The smallest absolute Gasteiger partial charge is 0.325 e. The molecule has 2 aromatic rings. The van der Waals surface area contributed by atoms with E-state index in [9.17, 15) is 18.8 Å². The van der Waals surface area contributed by atoms with Gasteiger partial charge in [0.1, 0.15) is 6.04 Å². The maximum atomic E-state index is 13.4. The molecule has 2 amide bonds. The molecule has 1 atom stereocenters. The normalized spacial score (nSPS) is 11.4. The zero-order chi connectivity index (χ0) is 20.5. The number of ether oxygens (including phenoxy) is 1. The van der Waals surface area contributed by atoms with Gasteiger partial charge in [-0.2, -0.15) is 0 Å². The van der Waals surface area contributed by atoms with E-state index in [0.29, 0.717) is 12.1 Å². The van der Waals surface area contributed by atoms with E-state index in [1.807, 2.05) is 0 Å². The second-order valence-corrected chi connectivity index (χ2v) is 6.04. The Bertz CT molecular complexity index is 839. The molecule has 28 heavy (non-hydrogen) atoms. The lowest BCUT2D eigenvalue weighted by atomic mass is 10.1. The molecule has 1 unspecified atom stereocenters. The Morgan fingerprint density at radius 1 is 1.11 bits per heavy atom. The maximum absolute atomic E-state index is 13.4. The zero-order valence-electron chi connectivity index (χ0n) is 15.3. The molecule has 0 aliphatic rings. The molecule has 2 rings (SSSR count). The van der Waals surface area contributed by atoms with E-state index in [1.54, 1.807) is 24.3 Å². The number of hydrogen-bond donors (Lipinski definition) is 3. The minimum Gasteiger partial charge on any atom is -0.491 e. The van der Waals surface area contributed by atoms with Crippen molar-refractivity contribution < 1.29 is 28.6 Å². The molecule has 7 nitrogen and oxygen atoms in total. The highest BCUT2D eigenvalue weighted by molar-refractivity contribution is 5.97. The second-order valence-electron chi connectivity index (χ2n) is 6.04. The SMILES string of the molecule is CC(NC(=O)c1ccc(NC(=O)CCCOc2ccccc2F)cc1)C(=O)O. The van der Waals surface area contributed by atoms with Crippen molar-refractivity contribution in [1.82, 2.24) is 5.32 Å². The summed E-state index contributed by atoms with van der Waals surface area (Å²) in [6.07, 6.45) is 0.598. The van der Waals surface area contributed by atoms with E-state index in [-0.39, 0.29) is 30.2 Å². The first-order valence-electron chi connectivity index (χ1n) is 8.67. The lowest BCUT2D eigenvalue weighted by molar-refractivity contribution is -0.138. The van der Waals surface area contributed by atoms with Crippen molar-refractivity contribution in [2.75, 3.05) is 11.9 Å². The van der Waals surface area contributed by atoms with Crippen LogP contribution in [0, 0.1) is 5.82 Å². The molecule has 0 bridgehead atoms. The van der Waals surface area contributed by atoms with Crippen molar-refractivity contribution in [1.29, 1.82) is 0 Å². The van der Waals surface area contributed by atoms with Crippen molar-refractivity contribution in [3.05, 3.63) is 59.9 Å². The molecule has 148 valence electrons. The van der Waals surface area contributed by atoms with E-state index < -0.39 is 23.7 Å². The Hall–Kier alpha value is -3.42. The zero-order valence-corrected chi connectivity index (χ0v) is 15.3. The quantitative estimate of drug-likeness (QED) is 0.573. The number of amides is 2. The topological polar surface area (TPSA) is 105 Å². The first-order valence-corrected chi connectivity index (χ1v) is 8.67. The van der Waals surface area contributed by atoms with Crippen LogP contribution in [0.25, 0.3) is 0 Å². The van der Waals surface area contributed by atoms with E-state index in [1.165, 1.54) is 31.2 Å². The largest absolute Gasteiger partial charge is 0.491 e. The predicted octanol–water partition coefficient (Wildman–Crippen LogP) is 2.83. The van der Waals surface area contributed by atoms with Gasteiger partial charge in [0.25, 0.3) is 5.91 Å². The second kappa shape index (κ2) is 10.1. The van der Waals surface area contributed by atoms with Gasteiger partial charge in [0.2, 0.25) is 5.91 Å². The molecule has 0 aromatic heterocycles. The fourth-order valence-electron chi connectivity index (χ4n) is 2.25. The van der Waals surface area contributed by atoms with Gasteiger partial charge in [-0.15, -0.1) is 0 Å². The fourth-order valence-corrected chi connectivity index (χ4v) is 2.25. The number of carboxylic acids is 1. The molecule has 0 aliphatic carbocycles. The number of carbonyl (C=O) groups excluding carboxylic acids is 2. The van der Waals surface area contributed by atoms with Crippen LogP contribution < -0.4 is 15.4 Å². The van der Waals surface area contributed by atoms with Crippen LogP contribution in [0.4, 0.5) is 10.1 Å². The van der Waals surface area contributed by atoms with E-state index in [2.05, 4.69) is 10.6 Å². The number of anilines is 1. The van der Waals surface area contributed by atoms with E-state index >= 15 is 0 Å². The summed E-state index contributed by atoms with van der Waals surface area (Å²) in [5, 5.41) is 13.8. The highest BCUT2D eigenvalue weighted by atomic mass is 19.1. The summed E-state index contributed by atoms with van der Waals surface area (Å²) in [6, 6.07) is 11.1. The Kier molecular flexibility index (Phi) is 7.50. The van der Waals surface area contributed by atoms with Crippen LogP contribution in [0.2, 0.25) is 0 Å². The van der Waals surface area contributed by atoms with Crippen LogP contribution in [0.3, 0.4) is 0 Å². The van der Waals surface area contributed by atoms with Crippen LogP contribution in [0.5, 0.6) is 5.75 Å². The van der Waals surface area contributed by atoms with Crippen molar-refractivity contribution in [2.45, 2.75) is 25.8 Å². The third-order valence-electron chi connectivity index (χ3n) is 3.79. The lowest BCUT2D eigenvalue weighted by Crippen LogP contribution is -2.38. The highest BCUT2D eigenvalue weighted by Crippen LogP contribution is 2.16. The number of para-hydroxylation sites is 1. The van der Waals surface area contributed by atoms with Gasteiger partial charge in [0.15, 0.2) is 11.6 Å². The summed E-state index contributed by atoms with van der Waals surface area (Å²) < 4.78 is 18.7. The van der Waals surface area contributed by atoms with Gasteiger partial charge in [-0.05, 0) is 49.7 Å². The maximum Gasteiger partial charge on any atom is 0.325 e. The fraction of sp³-hybridized carbons (Fsp3) is 0.250. The van der Waals surface area contributed by atoms with Gasteiger partial charge in [-0.1, -0.05) is 12.1 Å². The van der Waals surface area contributed by atoms with Crippen LogP contribution in [0.15, 0.2) is 48.5 Å². The summed E-state index contributed by atoms with van der Waals surface area (Å²) >= 11 is 0. The summed E-state index contributed by atoms with van der Waals surface area (Å²) in [7, 11) is 0. The average molecular weight is 388 g/mol. The number of nitrogens with one attached hydrogen (secondary N) is 2. The lowest BCUT2D eigenvalue weighted by Gasteiger charge is -2.10. The third-order valence-corrected chi connectivity index (χ3v) is 3.79. The van der Waals surface area contributed by atoms with E-state index in [0.717, 1.165) is 0 Å². The molecule has 0 fully saturated rings. The molecular formula is C20H21FN2O5. The standard InChI is InChI=1S/C20H21FN2O5/c1-13(20(26)27)22-19(25)14-8-10-15(11-9-14)23-18(24)7-4-12-28-17-6-3-2-5-16(17)21/h2-3,5-6,8-11,13H,4,7,12H2,1H3,(H,22,25)(H,23,24)(H,26,27). The van der Waals surface area contributed by atoms with Crippen molar-refractivity contribution in [2.24, 2.45) is 0 Å². The molecule has 0 saturated heterocycles. The third kappa shape index (κ3) is 6.39. The van der Waals surface area contributed by atoms with Crippen LogP contribution in [-0.2, 0) is 9.59 Å². The molecule has 2 aromatic carbocycles. The van der Waals surface area contributed by atoms with Gasteiger partial charge in [0.05, 0.1) is 6.61 Å². The number of carbonyl (C=O) groups is 3. The summed E-state index contributed by atoms with van der Waals surface area (Å²) in [4.78, 5) is 34.6. The Morgan fingerprint density at radius 2 is 1.79 bits per heavy atom. The van der Waals surface area contributed by atoms with Gasteiger partial charge in [-0.3, -0.25) is 14.4 Å². The Morgan fingerprint density at radius 3 is 2.43 bits per heavy atom. The van der Waals surface area contributed by atoms with Crippen molar-refractivity contribution in [3.8, 4) is 5.75 Å². The van der Waals surface area contributed by atoms with Gasteiger partial charge < -0.3 is 20.5 Å².